The molecule has 0 aliphatic carbocycles. The average molecular weight is 362 g/mol. The highest BCUT2D eigenvalue weighted by Gasteiger charge is 2.05. The molecule has 0 fully saturated rings. The number of unbranched alkanes of at least 4 members (excludes halogenated alkanes) is 3. The molecule has 0 aromatic heterocycles. The Morgan fingerprint density at radius 3 is 1.69 bits per heavy atom. The van der Waals surface area contributed by atoms with Crippen molar-refractivity contribution in [3.8, 4) is 0 Å². The molecule has 0 bridgehead atoms. The van der Waals surface area contributed by atoms with Crippen LogP contribution >= 0.6 is 0 Å². The summed E-state index contributed by atoms with van der Waals surface area (Å²) in [4.78, 5) is 2.50. The lowest BCUT2D eigenvalue weighted by Gasteiger charge is -2.20. The van der Waals surface area contributed by atoms with Crippen LogP contribution in [0.2, 0.25) is 0 Å². The Morgan fingerprint density at radius 1 is 0.731 bits per heavy atom. The highest BCUT2D eigenvalue weighted by molar-refractivity contribution is 5.54. The number of rotatable bonds is 15. The number of benzene rings is 1. The third-order valence-corrected chi connectivity index (χ3v) is 5.21. The number of hydrogen-bond acceptors (Lipinski definition) is 3. The molecule has 0 unspecified atom stereocenters. The maximum atomic E-state index is 3.63. The first kappa shape index (κ1) is 22.8. The molecule has 0 saturated carbocycles. The van der Waals surface area contributed by atoms with Gasteiger partial charge >= 0.3 is 0 Å². The first-order valence-electron chi connectivity index (χ1n) is 10.9. The summed E-state index contributed by atoms with van der Waals surface area (Å²) >= 11 is 0. The normalized spacial score (nSPS) is 13.6. The first-order valence-corrected chi connectivity index (χ1v) is 10.9. The molecule has 0 radical (unpaired) electrons. The van der Waals surface area contributed by atoms with Gasteiger partial charge in [-0.05, 0) is 77.0 Å². The zero-order chi connectivity index (χ0) is 19.2. The van der Waals surface area contributed by atoms with Crippen LogP contribution in [0.15, 0.2) is 24.3 Å². The van der Waals surface area contributed by atoms with Crippen molar-refractivity contribution >= 4 is 11.4 Å². The summed E-state index contributed by atoms with van der Waals surface area (Å²) in [5, 5.41) is 7.26. The molecule has 0 heterocycles. The number of nitrogens with zero attached hydrogens (tertiary/aromatic N) is 1. The SMILES string of the molecule is CCCCCC[C@@H](C)Nc1ccc(N[C@@H](C)CCCN(CC)CC)cc1. The van der Waals surface area contributed by atoms with E-state index in [0.717, 1.165) is 13.1 Å². The summed E-state index contributed by atoms with van der Waals surface area (Å²) in [6.45, 7) is 14.8. The third-order valence-electron chi connectivity index (χ3n) is 5.21. The Morgan fingerprint density at radius 2 is 1.23 bits per heavy atom. The van der Waals surface area contributed by atoms with E-state index in [1.807, 2.05) is 0 Å². The highest BCUT2D eigenvalue weighted by Crippen LogP contribution is 2.17. The summed E-state index contributed by atoms with van der Waals surface area (Å²) in [6.07, 6.45) is 9.08. The maximum Gasteiger partial charge on any atom is 0.0343 e. The number of nitrogens with one attached hydrogen (secondary N) is 2. The molecule has 2 atom stereocenters. The lowest BCUT2D eigenvalue weighted by molar-refractivity contribution is 0.295. The van der Waals surface area contributed by atoms with Crippen LogP contribution in [0, 0.1) is 0 Å². The van der Waals surface area contributed by atoms with E-state index in [2.05, 4.69) is 74.4 Å². The van der Waals surface area contributed by atoms with Gasteiger partial charge in [0.1, 0.15) is 0 Å². The van der Waals surface area contributed by atoms with Crippen molar-refractivity contribution in [1.29, 1.82) is 0 Å². The van der Waals surface area contributed by atoms with Crippen molar-refractivity contribution in [2.45, 2.75) is 91.6 Å². The second kappa shape index (κ2) is 13.9. The van der Waals surface area contributed by atoms with Gasteiger partial charge in [0.25, 0.3) is 0 Å². The molecule has 1 aromatic carbocycles. The first-order chi connectivity index (χ1) is 12.6. The summed E-state index contributed by atoms with van der Waals surface area (Å²) in [5.74, 6) is 0. The quantitative estimate of drug-likeness (QED) is 0.355. The van der Waals surface area contributed by atoms with Crippen LogP contribution in [0.25, 0.3) is 0 Å². The van der Waals surface area contributed by atoms with Gasteiger partial charge in [-0.1, -0.05) is 46.5 Å². The molecule has 0 saturated heterocycles. The molecular formula is C23H43N3. The van der Waals surface area contributed by atoms with Crippen LogP contribution in [0.3, 0.4) is 0 Å². The van der Waals surface area contributed by atoms with Crippen molar-refractivity contribution in [2.24, 2.45) is 0 Å². The predicted molar refractivity (Wildman–Crippen MR) is 118 cm³/mol. The van der Waals surface area contributed by atoms with Gasteiger partial charge in [-0.3, -0.25) is 0 Å². The van der Waals surface area contributed by atoms with E-state index in [1.54, 1.807) is 0 Å². The fraction of sp³-hybridized carbons (Fsp3) is 0.739. The van der Waals surface area contributed by atoms with Gasteiger partial charge < -0.3 is 15.5 Å². The van der Waals surface area contributed by atoms with Crippen LogP contribution < -0.4 is 10.6 Å². The molecule has 2 N–H and O–H groups in total. The summed E-state index contributed by atoms with van der Waals surface area (Å²) in [5.41, 5.74) is 2.45. The summed E-state index contributed by atoms with van der Waals surface area (Å²) < 4.78 is 0. The maximum absolute atomic E-state index is 3.63. The lowest BCUT2D eigenvalue weighted by atomic mass is 10.1. The van der Waals surface area contributed by atoms with E-state index in [9.17, 15) is 0 Å². The smallest absolute Gasteiger partial charge is 0.0343 e. The molecule has 0 aliphatic heterocycles. The molecule has 3 nitrogen and oxygen atoms in total. The van der Waals surface area contributed by atoms with Crippen LogP contribution in [-0.4, -0.2) is 36.6 Å². The standard InChI is InChI=1S/C23H43N3/c1-6-9-10-11-13-20(4)24-22-15-17-23(18-16-22)25-21(5)14-12-19-26(7-2)8-3/h15-18,20-21,24-25H,6-14,19H2,1-5H3/t20-,21+/m1/s1. The Hall–Kier alpha value is -1.22. The minimum Gasteiger partial charge on any atom is -0.383 e. The Balaban J connectivity index is 2.28. The van der Waals surface area contributed by atoms with Gasteiger partial charge in [0, 0.05) is 23.5 Å². The number of anilines is 2. The van der Waals surface area contributed by atoms with Gasteiger partial charge in [-0.15, -0.1) is 0 Å². The monoisotopic (exact) mass is 361 g/mol. The molecule has 150 valence electrons. The fourth-order valence-electron chi connectivity index (χ4n) is 3.41. The molecule has 0 spiro atoms. The molecule has 26 heavy (non-hydrogen) atoms. The zero-order valence-corrected chi connectivity index (χ0v) is 18.0. The lowest BCUT2D eigenvalue weighted by Crippen LogP contribution is -2.25. The van der Waals surface area contributed by atoms with Crippen LogP contribution in [0.4, 0.5) is 11.4 Å². The number of hydrogen-bond donors (Lipinski definition) is 2. The van der Waals surface area contributed by atoms with E-state index >= 15 is 0 Å². The van der Waals surface area contributed by atoms with Crippen LogP contribution in [0.5, 0.6) is 0 Å². The average Bonchev–Trinajstić information content (AvgIpc) is 2.64. The van der Waals surface area contributed by atoms with E-state index in [-0.39, 0.29) is 0 Å². The highest BCUT2D eigenvalue weighted by atomic mass is 15.1. The van der Waals surface area contributed by atoms with Crippen molar-refractivity contribution in [1.82, 2.24) is 4.90 Å². The fourth-order valence-corrected chi connectivity index (χ4v) is 3.41. The van der Waals surface area contributed by atoms with Crippen molar-refractivity contribution < 1.29 is 0 Å². The Bertz CT molecular complexity index is 439. The van der Waals surface area contributed by atoms with Gasteiger partial charge in [0.2, 0.25) is 0 Å². The molecule has 3 heteroatoms. The minimum atomic E-state index is 0.516. The molecule has 1 aromatic rings. The summed E-state index contributed by atoms with van der Waals surface area (Å²) in [6, 6.07) is 9.87. The van der Waals surface area contributed by atoms with Crippen molar-refractivity contribution in [2.75, 3.05) is 30.3 Å². The zero-order valence-electron chi connectivity index (χ0n) is 18.0. The summed E-state index contributed by atoms with van der Waals surface area (Å²) in [7, 11) is 0. The van der Waals surface area contributed by atoms with E-state index in [1.165, 1.54) is 62.9 Å². The molecule has 0 aliphatic rings. The topological polar surface area (TPSA) is 27.3 Å². The van der Waals surface area contributed by atoms with Crippen LogP contribution in [-0.2, 0) is 0 Å². The molecular weight excluding hydrogens is 318 g/mol. The second-order valence-electron chi connectivity index (χ2n) is 7.69. The van der Waals surface area contributed by atoms with E-state index in [4.69, 9.17) is 0 Å². The van der Waals surface area contributed by atoms with Crippen molar-refractivity contribution in [3.05, 3.63) is 24.3 Å². The molecule has 1 rings (SSSR count). The minimum absolute atomic E-state index is 0.516. The Kier molecular flexibility index (Phi) is 12.2. The predicted octanol–water partition coefficient (Wildman–Crippen LogP) is 6.38. The second-order valence-corrected chi connectivity index (χ2v) is 7.69. The van der Waals surface area contributed by atoms with Gasteiger partial charge in [-0.25, -0.2) is 0 Å². The van der Waals surface area contributed by atoms with E-state index in [0.29, 0.717) is 12.1 Å². The largest absolute Gasteiger partial charge is 0.383 e. The van der Waals surface area contributed by atoms with Gasteiger partial charge in [0.05, 0.1) is 0 Å². The van der Waals surface area contributed by atoms with Gasteiger partial charge in [-0.2, -0.15) is 0 Å². The third kappa shape index (κ3) is 10.1. The van der Waals surface area contributed by atoms with Gasteiger partial charge in [0.15, 0.2) is 0 Å². The molecule has 0 amide bonds. The Labute approximate surface area is 162 Å². The van der Waals surface area contributed by atoms with Crippen molar-refractivity contribution in [3.63, 3.8) is 0 Å². The van der Waals surface area contributed by atoms with E-state index < -0.39 is 0 Å². The van der Waals surface area contributed by atoms with Crippen LogP contribution in [0.1, 0.15) is 79.6 Å².